The van der Waals surface area contributed by atoms with E-state index < -0.39 is 17.4 Å². The topological polar surface area (TPSA) is 73.0 Å². The van der Waals surface area contributed by atoms with Gasteiger partial charge in [0.05, 0.1) is 23.3 Å². The Hall–Kier alpha value is -2.84. The monoisotopic (exact) mass is 324 g/mol. The van der Waals surface area contributed by atoms with Gasteiger partial charge >= 0.3 is 11.9 Å². The fourth-order valence-corrected chi connectivity index (χ4v) is 2.27. The predicted molar refractivity (Wildman–Crippen MR) is 76.2 cm³/mol. The lowest BCUT2D eigenvalue weighted by atomic mass is 10.1. The van der Waals surface area contributed by atoms with Gasteiger partial charge in [0.2, 0.25) is 0 Å². The molecule has 0 aliphatic carbocycles. The molecule has 6 nitrogen and oxygen atoms in total. The average molecular weight is 324 g/mol. The number of aromatic nitrogens is 3. The highest BCUT2D eigenvalue weighted by molar-refractivity contribution is 5.89. The van der Waals surface area contributed by atoms with Crippen molar-refractivity contribution in [2.75, 3.05) is 12.4 Å². The van der Waals surface area contributed by atoms with E-state index in [-0.39, 0.29) is 17.9 Å². The molecule has 3 aromatic rings. The molecule has 23 heavy (non-hydrogen) atoms. The smallest absolute Gasteiger partial charge is 0.416 e. The second-order valence-electron chi connectivity index (χ2n) is 4.79. The quantitative estimate of drug-likeness (QED) is 0.801. The Morgan fingerprint density at radius 1 is 1.35 bits per heavy atom. The molecule has 1 aromatic carbocycles. The zero-order valence-electron chi connectivity index (χ0n) is 11.9. The van der Waals surface area contributed by atoms with Crippen LogP contribution in [0.3, 0.4) is 0 Å². The Morgan fingerprint density at radius 3 is 2.74 bits per heavy atom. The van der Waals surface area contributed by atoms with Gasteiger partial charge in [-0.25, -0.2) is 9.78 Å². The van der Waals surface area contributed by atoms with E-state index in [2.05, 4.69) is 15.3 Å². The number of alkyl halides is 3. The number of hydrogen-bond acceptors (Lipinski definition) is 5. The molecule has 0 amide bonds. The molecular formula is C14H11F3N4O2. The van der Waals surface area contributed by atoms with Crippen molar-refractivity contribution in [1.29, 1.82) is 0 Å². The van der Waals surface area contributed by atoms with E-state index in [1.165, 1.54) is 18.7 Å². The maximum absolute atomic E-state index is 13.0. The van der Waals surface area contributed by atoms with E-state index in [4.69, 9.17) is 4.42 Å². The van der Waals surface area contributed by atoms with E-state index in [1.807, 2.05) is 0 Å². The molecule has 0 saturated carbocycles. The lowest BCUT2D eigenvalue weighted by Crippen LogP contribution is -2.25. The summed E-state index contributed by atoms with van der Waals surface area (Å²) in [5.74, 6) is 0.218. The Balaban J connectivity index is 2.28. The first-order chi connectivity index (χ1) is 10.9. The van der Waals surface area contributed by atoms with E-state index in [9.17, 15) is 18.0 Å². The van der Waals surface area contributed by atoms with Crippen LogP contribution in [0.15, 0.2) is 40.1 Å². The van der Waals surface area contributed by atoms with Crippen LogP contribution in [0.1, 0.15) is 11.3 Å². The van der Waals surface area contributed by atoms with Gasteiger partial charge in [-0.2, -0.15) is 18.2 Å². The van der Waals surface area contributed by atoms with Crippen LogP contribution in [0.25, 0.3) is 10.9 Å². The number of benzene rings is 1. The molecule has 120 valence electrons. The Morgan fingerprint density at radius 2 is 2.13 bits per heavy atom. The average Bonchev–Trinajstić information content (AvgIpc) is 3.01. The third-order valence-corrected chi connectivity index (χ3v) is 3.35. The summed E-state index contributed by atoms with van der Waals surface area (Å²) in [6, 6.07) is 3.17. The number of halogens is 3. The van der Waals surface area contributed by atoms with Gasteiger partial charge in [-0.05, 0) is 18.2 Å². The summed E-state index contributed by atoms with van der Waals surface area (Å²) in [5, 5.41) is 3.12. The minimum Gasteiger partial charge on any atom is -0.451 e. The van der Waals surface area contributed by atoms with Crippen LogP contribution in [0.5, 0.6) is 0 Å². The summed E-state index contributed by atoms with van der Waals surface area (Å²) < 4.78 is 44.8. The zero-order chi connectivity index (χ0) is 16.6. The molecule has 0 unspecified atom stereocenters. The van der Waals surface area contributed by atoms with Crippen LogP contribution >= 0.6 is 0 Å². The molecule has 0 aliphatic heterocycles. The molecule has 1 N–H and O–H groups in total. The molecule has 2 heterocycles. The zero-order valence-corrected chi connectivity index (χ0v) is 11.9. The molecule has 0 spiro atoms. The SMILES string of the molecule is CNc1nc(=O)n(Cc2cocn2)c2cc(C(F)(F)F)ccc12. The molecule has 0 aliphatic rings. The molecule has 2 aromatic heterocycles. The van der Waals surface area contributed by atoms with Gasteiger partial charge in [0.15, 0.2) is 6.39 Å². The largest absolute Gasteiger partial charge is 0.451 e. The van der Waals surface area contributed by atoms with Crippen LogP contribution in [0, 0.1) is 0 Å². The third kappa shape index (κ3) is 2.77. The van der Waals surface area contributed by atoms with Gasteiger partial charge in [-0.15, -0.1) is 0 Å². The fourth-order valence-electron chi connectivity index (χ4n) is 2.27. The van der Waals surface area contributed by atoms with Crippen LogP contribution in [0.2, 0.25) is 0 Å². The maximum Gasteiger partial charge on any atom is 0.416 e. The van der Waals surface area contributed by atoms with E-state index in [1.54, 1.807) is 7.05 Å². The summed E-state index contributed by atoms with van der Waals surface area (Å²) in [6.07, 6.45) is -2.01. The molecule has 0 radical (unpaired) electrons. The van der Waals surface area contributed by atoms with E-state index >= 15 is 0 Å². The van der Waals surface area contributed by atoms with Gasteiger partial charge < -0.3 is 9.73 Å². The summed E-state index contributed by atoms with van der Waals surface area (Å²) >= 11 is 0. The van der Waals surface area contributed by atoms with Gasteiger partial charge in [-0.1, -0.05) is 0 Å². The molecule has 3 rings (SSSR count). The normalized spacial score (nSPS) is 11.8. The van der Waals surface area contributed by atoms with Crippen molar-refractivity contribution >= 4 is 16.7 Å². The molecular weight excluding hydrogens is 313 g/mol. The van der Waals surface area contributed by atoms with Crippen LogP contribution in [0.4, 0.5) is 19.0 Å². The van der Waals surface area contributed by atoms with Crippen LogP contribution < -0.4 is 11.0 Å². The number of nitrogens with one attached hydrogen (secondary N) is 1. The number of rotatable bonds is 3. The minimum atomic E-state index is -4.51. The highest BCUT2D eigenvalue weighted by atomic mass is 19.4. The Kier molecular flexibility index (Phi) is 3.55. The lowest BCUT2D eigenvalue weighted by molar-refractivity contribution is -0.137. The predicted octanol–water partition coefficient (Wildman–Crippen LogP) is 2.49. The molecule has 0 fully saturated rings. The van der Waals surface area contributed by atoms with Gasteiger partial charge in [0.1, 0.15) is 12.1 Å². The lowest BCUT2D eigenvalue weighted by Gasteiger charge is -2.14. The van der Waals surface area contributed by atoms with Crippen molar-refractivity contribution in [3.8, 4) is 0 Å². The number of fused-ring (bicyclic) bond motifs is 1. The first kappa shape index (κ1) is 15.1. The van der Waals surface area contributed by atoms with Gasteiger partial charge in [-0.3, -0.25) is 4.57 Å². The summed E-state index contributed by atoms with van der Waals surface area (Å²) in [5.41, 5.74) is -0.993. The number of hydrogen-bond donors (Lipinski definition) is 1. The number of anilines is 1. The third-order valence-electron chi connectivity index (χ3n) is 3.35. The number of oxazole rings is 1. The molecule has 0 bridgehead atoms. The number of nitrogens with zero attached hydrogens (tertiary/aromatic N) is 3. The molecule has 9 heteroatoms. The first-order valence-electron chi connectivity index (χ1n) is 6.57. The summed E-state index contributed by atoms with van der Waals surface area (Å²) in [6.45, 7) is -0.0376. The fraction of sp³-hybridized carbons (Fsp3) is 0.214. The molecule has 0 atom stereocenters. The van der Waals surface area contributed by atoms with Crippen LogP contribution in [-0.2, 0) is 12.7 Å². The van der Waals surface area contributed by atoms with Crippen molar-refractivity contribution in [2.24, 2.45) is 0 Å². The van der Waals surface area contributed by atoms with E-state index in [0.717, 1.165) is 16.7 Å². The van der Waals surface area contributed by atoms with Crippen LogP contribution in [-0.4, -0.2) is 21.6 Å². The second kappa shape index (κ2) is 5.41. The Labute approximate surface area is 127 Å². The van der Waals surface area contributed by atoms with Gasteiger partial charge in [0.25, 0.3) is 0 Å². The van der Waals surface area contributed by atoms with Crippen molar-refractivity contribution < 1.29 is 17.6 Å². The second-order valence-corrected chi connectivity index (χ2v) is 4.79. The van der Waals surface area contributed by atoms with Crippen molar-refractivity contribution in [3.63, 3.8) is 0 Å². The summed E-state index contributed by atoms with van der Waals surface area (Å²) in [4.78, 5) is 19.9. The van der Waals surface area contributed by atoms with Gasteiger partial charge in [0, 0.05) is 12.4 Å². The maximum atomic E-state index is 13.0. The van der Waals surface area contributed by atoms with Crippen molar-refractivity contribution in [2.45, 2.75) is 12.7 Å². The minimum absolute atomic E-state index is 0.0376. The summed E-state index contributed by atoms with van der Waals surface area (Å²) in [7, 11) is 1.54. The standard InChI is InChI=1S/C14H11F3N4O2/c1-18-12-10-3-2-8(14(15,16)17)4-11(10)21(13(22)20-12)5-9-6-23-7-19-9/h2-4,6-7H,5H2,1H3,(H,18,20,22). The highest BCUT2D eigenvalue weighted by Gasteiger charge is 2.31. The van der Waals surface area contributed by atoms with Crippen molar-refractivity contribution in [1.82, 2.24) is 14.5 Å². The van der Waals surface area contributed by atoms with E-state index in [0.29, 0.717) is 11.1 Å². The van der Waals surface area contributed by atoms with Crippen molar-refractivity contribution in [3.05, 3.63) is 52.6 Å². The highest BCUT2D eigenvalue weighted by Crippen LogP contribution is 2.32. The Bertz CT molecular complexity index is 901. The first-order valence-corrected chi connectivity index (χ1v) is 6.57. The molecule has 0 saturated heterocycles.